The van der Waals surface area contributed by atoms with Crippen molar-refractivity contribution in [1.29, 1.82) is 0 Å². The van der Waals surface area contributed by atoms with Gasteiger partial charge in [0.1, 0.15) is 0 Å². The summed E-state index contributed by atoms with van der Waals surface area (Å²) in [5.41, 5.74) is 6.29. The summed E-state index contributed by atoms with van der Waals surface area (Å²) in [6.45, 7) is 5.26. The minimum absolute atomic E-state index is 0.0371. The first-order valence-corrected chi connectivity index (χ1v) is 14.7. The second-order valence-electron chi connectivity index (χ2n) is 11.1. The molecule has 0 saturated carbocycles. The van der Waals surface area contributed by atoms with Gasteiger partial charge in [-0.25, -0.2) is 0 Å². The van der Waals surface area contributed by atoms with E-state index in [4.69, 9.17) is 9.47 Å². The fourth-order valence-corrected chi connectivity index (χ4v) is 5.81. The minimum Gasteiger partial charge on any atom is -0.392 e. The summed E-state index contributed by atoms with van der Waals surface area (Å²) < 4.78 is 13.2. The third-order valence-corrected chi connectivity index (χ3v) is 8.06. The standard InChI is InChI=1S/C34H42N2O4/c1-25(38)35-22-30-9-5-6-10-32(30)27-15-17-29(18-16-27)34-39-31(23-36-19-7-3-2-4-8-20-36)21-33(40-34)28-13-11-26(24-37)12-14-28/h5-6,9-18,31,33-34,37H,2-4,7-8,19-24H2,1H3,(H,35,38). The number of carbonyl (C=O) groups is 1. The molecular formula is C34H42N2O4. The molecule has 0 radical (unpaired) electrons. The van der Waals surface area contributed by atoms with Crippen molar-refractivity contribution in [3.63, 3.8) is 0 Å². The fraction of sp³-hybridized carbons (Fsp3) is 0.441. The van der Waals surface area contributed by atoms with E-state index >= 15 is 0 Å². The van der Waals surface area contributed by atoms with Crippen LogP contribution < -0.4 is 5.32 Å². The maximum absolute atomic E-state index is 11.5. The quantitative estimate of drug-likeness (QED) is 0.350. The second kappa shape index (κ2) is 14.0. The number of aliphatic hydroxyl groups excluding tert-OH is 1. The topological polar surface area (TPSA) is 71.0 Å². The Morgan fingerprint density at radius 3 is 2.25 bits per heavy atom. The molecule has 3 atom stereocenters. The van der Waals surface area contributed by atoms with Gasteiger partial charge in [-0.3, -0.25) is 4.79 Å². The number of benzene rings is 3. The average molecular weight is 543 g/mol. The maximum atomic E-state index is 11.5. The van der Waals surface area contributed by atoms with Gasteiger partial charge >= 0.3 is 0 Å². The predicted molar refractivity (Wildman–Crippen MR) is 157 cm³/mol. The summed E-state index contributed by atoms with van der Waals surface area (Å²) in [5.74, 6) is -0.0393. The monoisotopic (exact) mass is 542 g/mol. The molecule has 212 valence electrons. The van der Waals surface area contributed by atoms with Crippen LogP contribution in [0.5, 0.6) is 0 Å². The number of ether oxygens (including phenoxy) is 2. The summed E-state index contributed by atoms with van der Waals surface area (Å²) in [4.78, 5) is 14.1. The highest BCUT2D eigenvalue weighted by Crippen LogP contribution is 2.39. The number of rotatable bonds is 8. The highest BCUT2D eigenvalue weighted by atomic mass is 16.7. The van der Waals surface area contributed by atoms with Gasteiger partial charge in [0.05, 0.1) is 18.8 Å². The van der Waals surface area contributed by atoms with Crippen LogP contribution in [0.2, 0.25) is 0 Å². The van der Waals surface area contributed by atoms with E-state index in [1.54, 1.807) is 0 Å². The number of carbonyl (C=O) groups excluding carboxylic acids is 1. The van der Waals surface area contributed by atoms with Gasteiger partial charge in [-0.1, -0.05) is 92.1 Å². The summed E-state index contributed by atoms with van der Waals surface area (Å²) in [5, 5.41) is 12.4. The molecule has 2 aliphatic heterocycles. The molecule has 1 amide bonds. The lowest BCUT2D eigenvalue weighted by Gasteiger charge is -2.39. The molecule has 2 saturated heterocycles. The van der Waals surface area contributed by atoms with E-state index in [0.29, 0.717) is 6.54 Å². The Labute approximate surface area is 238 Å². The van der Waals surface area contributed by atoms with Crippen LogP contribution in [0, 0.1) is 0 Å². The number of hydrogen-bond donors (Lipinski definition) is 2. The van der Waals surface area contributed by atoms with Crippen molar-refractivity contribution in [2.45, 2.75) is 77.1 Å². The van der Waals surface area contributed by atoms with Gasteiger partial charge in [0.15, 0.2) is 6.29 Å². The number of nitrogens with zero attached hydrogens (tertiary/aromatic N) is 1. The number of likely N-dealkylation sites (tertiary alicyclic amines) is 1. The van der Waals surface area contributed by atoms with Crippen molar-refractivity contribution in [2.24, 2.45) is 0 Å². The van der Waals surface area contributed by atoms with E-state index in [-0.39, 0.29) is 24.7 Å². The molecule has 2 heterocycles. The summed E-state index contributed by atoms with van der Waals surface area (Å²) in [6.07, 6.45) is 6.82. The summed E-state index contributed by atoms with van der Waals surface area (Å²) in [6, 6.07) is 24.7. The van der Waals surface area contributed by atoms with Gasteiger partial charge in [-0.2, -0.15) is 0 Å². The number of hydrogen-bond acceptors (Lipinski definition) is 5. The molecule has 5 rings (SSSR count). The Morgan fingerprint density at radius 1 is 0.875 bits per heavy atom. The number of amides is 1. The largest absolute Gasteiger partial charge is 0.392 e. The van der Waals surface area contributed by atoms with Crippen molar-refractivity contribution in [2.75, 3.05) is 19.6 Å². The van der Waals surface area contributed by atoms with E-state index in [1.165, 1.54) is 39.0 Å². The molecule has 40 heavy (non-hydrogen) atoms. The van der Waals surface area contributed by atoms with Gasteiger partial charge in [0, 0.05) is 32.0 Å². The van der Waals surface area contributed by atoms with Crippen molar-refractivity contribution in [3.05, 3.63) is 95.1 Å². The molecule has 0 aromatic heterocycles. The van der Waals surface area contributed by atoms with Crippen molar-refractivity contribution >= 4 is 5.91 Å². The lowest BCUT2D eigenvalue weighted by molar-refractivity contribution is -0.253. The van der Waals surface area contributed by atoms with Gasteiger partial charge < -0.3 is 24.8 Å². The molecule has 3 unspecified atom stereocenters. The molecule has 6 nitrogen and oxygen atoms in total. The van der Waals surface area contributed by atoms with Gasteiger partial charge in [-0.05, 0) is 53.7 Å². The average Bonchev–Trinajstić information content (AvgIpc) is 2.97. The highest BCUT2D eigenvalue weighted by molar-refractivity contribution is 5.74. The smallest absolute Gasteiger partial charge is 0.217 e. The second-order valence-corrected chi connectivity index (χ2v) is 11.1. The molecule has 6 heteroatoms. The Balaban J connectivity index is 1.35. The molecule has 0 aliphatic carbocycles. The first-order chi connectivity index (χ1) is 19.6. The first-order valence-electron chi connectivity index (χ1n) is 14.7. The first kappa shape index (κ1) is 28.5. The Morgan fingerprint density at radius 2 is 1.55 bits per heavy atom. The van der Waals surface area contributed by atoms with Crippen LogP contribution in [0.1, 0.15) is 80.1 Å². The van der Waals surface area contributed by atoms with E-state index < -0.39 is 6.29 Å². The minimum atomic E-state index is -0.459. The Kier molecular flexibility index (Phi) is 10.0. The molecule has 0 spiro atoms. The SMILES string of the molecule is CC(=O)NCc1ccccc1-c1ccc(C2OC(CN3CCCCCCC3)CC(c3ccc(CO)cc3)O2)cc1. The summed E-state index contributed by atoms with van der Waals surface area (Å²) >= 11 is 0. The fourth-order valence-electron chi connectivity index (χ4n) is 5.81. The zero-order valence-electron chi connectivity index (χ0n) is 23.6. The predicted octanol–water partition coefficient (Wildman–Crippen LogP) is 6.29. The zero-order valence-corrected chi connectivity index (χ0v) is 23.6. The molecule has 2 fully saturated rings. The Hall–Kier alpha value is -3.03. The zero-order chi connectivity index (χ0) is 27.7. The summed E-state index contributed by atoms with van der Waals surface area (Å²) in [7, 11) is 0. The van der Waals surface area contributed by atoms with Crippen LogP contribution in [0.15, 0.2) is 72.8 Å². The number of aliphatic hydroxyl groups is 1. The van der Waals surface area contributed by atoms with Crippen molar-refractivity contribution < 1.29 is 19.4 Å². The molecular weight excluding hydrogens is 500 g/mol. The molecule has 3 aromatic carbocycles. The van der Waals surface area contributed by atoms with Gasteiger partial charge in [0.25, 0.3) is 0 Å². The van der Waals surface area contributed by atoms with E-state index in [1.807, 2.05) is 24.3 Å². The van der Waals surface area contributed by atoms with Crippen LogP contribution in [0.3, 0.4) is 0 Å². The Bertz CT molecular complexity index is 1220. The van der Waals surface area contributed by atoms with Crippen LogP contribution in [0.25, 0.3) is 11.1 Å². The van der Waals surface area contributed by atoms with E-state index in [0.717, 1.165) is 59.4 Å². The third-order valence-electron chi connectivity index (χ3n) is 8.06. The lowest BCUT2D eigenvalue weighted by Crippen LogP contribution is -2.40. The van der Waals surface area contributed by atoms with Crippen molar-refractivity contribution in [3.8, 4) is 11.1 Å². The highest BCUT2D eigenvalue weighted by Gasteiger charge is 2.33. The van der Waals surface area contributed by atoms with Crippen LogP contribution in [-0.2, 0) is 27.4 Å². The van der Waals surface area contributed by atoms with Gasteiger partial charge in [0.2, 0.25) is 5.91 Å². The van der Waals surface area contributed by atoms with Crippen LogP contribution >= 0.6 is 0 Å². The molecule has 2 aliphatic rings. The van der Waals surface area contributed by atoms with E-state index in [2.05, 4.69) is 58.7 Å². The van der Waals surface area contributed by atoms with Crippen LogP contribution in [0.4, 0.5) is 0 Å². The maximum Gasteiger partial charge on any atom is 0.217 e. The third kappa shape index (κ3) is 7.58. The molecule has 0 bridgehead atoms. The number of nitrogens with one attached hydrogen (secondary N) is 1. The molecule has 2 N–H and O–H groups in total. The van der Waals surface area contributed by atoms with E-state index in [9.17, 15) is 9.90 Å². The van der Waals surface area contributed by atoms with Crippen LogP contribution in [-0.4, -0.2) is 41.7 Å². The van der Waals surface area contributed by atoms with Crippen molar-refractivity contribution in [1.82, 2.24) is 10.2 Å². The molecule has 3 aromatic rings. The normalized spacial score (nSPS) is 22.3. The lowest BCUT2D eigenvalue weighted by atomic mass is 9.97. The van der Waals surface area contributed by atoms with Gasteiger partial charge in [-0.15, -0.1) is 0 Å².